The van der Waals surface area contributed by atoms with Gasteiger partial charge in [-0.15, -0.1) is 0 Å². The molecule has 1 heterocycles. The van der Waals surface area contributed by atoms with Gasteiger partial charge in [0.25, 0.3) is 5.91 Å². The van der Waals surface area contributed by atoms with Crippen LogP contribution in [-0.4, -0.2) is 51.8 Å². The first-order valence-electron chi connectivity index (χ1n) is 8.68. The first-order chi connectivity index (χ1) is 11.2. The molecule has 1 aromatic rings. The van der Waals surface area contributed by atoms with Crippen LogP contribution in [0.2, 0.25) is 0 Å². The Kier molecular flexibility index (Phi) is 6.71. The van der Waals surface area contributed by atoms with Gasteiger partial charge in [-0.05, 0) is 25.0 Å². The van der Waals surface area contributed by atoms with Gasteiger partial charge in [0, 0.05) is 6.04 Å². The van der Waals surface area contributed by atoms with E-state index in [1.165, 1.54) is 4.90 Å². The molecule has 2 rings (SSSR count). The minimum atomic E-state index is 0.180. The van der Waals surface area contributed by atoms with E-state index in [9.17, 15) is 4.79 Å². The Bertz CT molecular complexity index is 495. The molecule has 0 spiro atoms. The molecule has 1 aliphatic rings. The van der Waals surface area contributed by atoms with Crippen molar-refractivity contribution in [3.8, 4) is 5.75 Å². The largest absolute Gasteiger partial charge is 0.495 e. The maximum Gasteiger partial charge on any atom is 0.275 e. The van der Waals surface area contributed by atoms with E-state index in [0.29, 0.717) is 12.6 Å². The number of hydrogen-bond donors (Lipinski definition) is 2. The Hall–Kier alpha value is -1.75. The molecule has 1 aliphatic heterocycles. The molecule has 0 aromatic heterocycles. The second-order valence-electron chi connectivity index (χ2n) is 6.17. The normalized spacial score (nSPS) is 15.7. The summed E-state index contributed by atoms with van der Waals surface area (Å²) in [6.45, 7) is 8.68. The molecule has 0 unspecified atom stereocenters. The van der Waals surface area contributed by atoms with E-state index in [1.807, 2.05) is 18.2 Å². The van der Waals surface area contributed by atoms with Crippen LogP contribution in [0, 0.1) is 0 Å². The van der Waals surface area contributed by atoms with Gasteiger partial charge in [-0.1, -0.05) is 26.0 Å². The number of hydrogen-bond acceptors (Lipinski definition) is 3. The summed E-state index contributed by atoms with van der Waals surface area (Å²) >= 11 is 0. The second-order valence-corrected chi connectivity index (χ2v) is 6.17. The minimum absolute atomic E-state index is 0.180. The second kappa shape index (κ2) is 8.77. The Balaban J connectivity index is 1.83. The Labute approximate surface area is 139 Å². The topological polar surface area (TPSA) is 46.0 Å². The van der Waals surface area contributed by atoms with Crippen LogP contribution in [-0.2, 0) is 4.79 Å². The van der Waals surface area contributed by atoms with Gasteiger partial charge in [-0.3, -0.25) is 4.79 Å². The molecule has 1 amide bonds. The molecule has 5 nitrogen and oxygen atoms in total. The first kappa shape index (κ1) is 17.6. The van der Waals surface area contributed by atoms with E-state index in [2.05, 4.69) is 30.1 Å². The van der Waals surface area contributed by atoms with Gasteiger partial charge in [0.15, 0.2) is 6.54 Å². The lowest BCUT2D eigenvalue weighted by atomic mass is 10.2. The number of rotatable bonds is 7. The molecule has 2 N–H and O–H groups in total. The number of nitrogens with zero attached hydrogens (tertiary/aromatic N) is 1. The zero-order chi connectivity index (χ0) is 16.7. The fourth-order valence-corrected chi connectivity index (χ4v) is 3.13. The molecule has 1 fully saturated rings. The molecule has 5 heteroatoms. The van der Waals surface area contributed by atoms with Crippen LogP contribution < -0.4 is 19.9 Å². The standard InChI is InChI=1S/C18H29N3O2/c1-4-15(5-2)19-18(22)14-20-10-12-21(13-11-20)16-8-6-7-9-17(16)23-3/h6-9,15H,4-5,10-14H2,1-3H3,(H,19,22)/p+1. The summed E-state index contributed by atoms with van der Waals surface area (Å²) in [6.07, 6.45) is 2.00. The number of carbonyl (C=O) groups is 1. The van der Waals surface area contributed by atoms with Crippen LogP contribution in [0.25, 0.3) is 0 Å². The number of ether oxygens (including phenoxy) is 1. The van der Waals surface area contributed by atoms with Crippen LogP contribution in [0.15, 0.2) is 24.3 Å². The quantitative estimate of drug-likeness (QED) is 0.778. The molecule has 0 bridgehead atoms. The third-order valence-electron chi connectivity index (χ3n) is 4.66. The van der Waals surface area contributed by atoms with Gasteiger partial charge < -0.3 is 19.9 Å². The molecule has 1 aromatic carbocycles. The van der Waals surface area contributed by atoms with Gasteiger partial charge in [0.05, 0.1) is 39.0 Å². The maximum absolute atomic E-state index is 12.1. The van der Waals surface area contributed by atoms with Crippen molar-refractivity contribution < 1.29 is 14.4 Å². The molecule has 0 atom stereocenters. The van der Waals surface area contributed by atoms with Crippen LogP contribution in [0.4, 0.5) is 5.69 Å². The monoisotopic (exact) mass is 320 g/mol. The molecule has 23 heavy (non-hydrogen) atoms. The summed E-state index contributed by atoms with van der Waals surface area (Å²) in [5.41, 5.74) is 1.15. The van der Waals surface area contributed by atoms with Gasteiger partial charge in [0.1, 0.15) is 5.75 Å². The van der Waals surface area contributed by atoms with Gasteiger partial charge in [-0.2, -0.15) is 0 Å². The van der Waals surface area contributed by atoms with E-state index >= 15 is 0 Å². The third kappa shape index (κ3) is 4.86. The fourth-order valence-electron chi connectivity index (χ4n) is 3.13. The average Bonchev–Trinajstić information content (AvgIpc) is 2.60. The van der Waals surface area contributed by atoms with E-state index in [1.54, 1.807) is 7.11 Å². The van der Waals surface area contributed by atoms with Gasteiger partial charge in [-0.25, -0.2) is 0 Å². The Morgan fingerprint density at radius 2 is 1.91 bits per heavy atom. The molecule has 1 saturated heterocycles. The number of methoxy groups -OCH3 is 1. The van der Waals surface area contributed by atoms with Crippen molar-refractivity contribution in [3.63, 3.8) is 0 Å². The number of carbonyl (C=O) groups excluding carboxylic acids is 1. The number of amides is 1. The van der Waals surface area contributed by atoms with Crippen molar-refractivity contribution in [3.05, 3.63) is 24.3 Å². The molecule has 0 radical (unpaired) electrons. The fraction of sp³-hybridized carbons (Fsp3) is 0.611. The van der Waals surface area contributed by atoms with E-state index in [4.69, 9.17) is 4.74 Å². The lowest BCUT2D eigenvalue weighted by molar-refractivity contribution is -0.892. The predicted molar refractivity (Wildman–Crippen MR) is 93.3 cm³/mol. The highest BCUT2D eigenvalue weighted by Crippen LogP contribution is 2.27. The SMILES string of the molecule is CCC(CC)NC(=O)C[NH+]1CCN(c2ccccc2OC)CC1. The number of benzene rings is 1. The first-order valence-corrected chi connectivity index (χ1v) is 8.68. The minimum Gasteiger partial charge on any atom is -0.495 e. The van der Waals surface area contributed by atoms with Crippen molar-refractivity contribution in [1.29, 1.82) is 0 Å². The molecule has 0 aliphatic carbocycles. The third-order valence-corrected chi connectivity index (χ3v) is 4.66. The smallest absolute Gasteiger partial charge is 0.275 e. The number of anilines is 1. The zero-order valence-electron chi connectivity index (χ0n) is 14.6. The average molecular weight is 320 g/mol. The van der Waals surface area contributed by atoms with Crippen molar-refractivity contribution in [1.82, 2.24) is 5.32 Å². The Morgan fingerprint density at radius 3 is 2.52 bits per heavy atom. The maximum atomic E-state index is 12.1. The number of quaternary nitrogens is 1. The zero-order valence-corrected chi connectivity index (χ0v) is 14.6. The van der Waals surface area contributed by atoms with Crippen LogP contribution >= 0.6 is 0 Å². The summed E-state index contributed by atoms with van der Waals surface area (Å²) in [6, 6.07) is 8.45. The summed E-state index contributed by atoms with van der Waals surface area (Å²) in [4.78, 5) is 15.8. The highest BCUT2D eigenvalue weighted by Gasteiger charge is 2.24. The Morgan fingerprint density at radius 1 is 1.26 bits per heavy atom. The highest BCUT2D eigenvalue weighted by atomic mass is 16.5. The van der Waals surface area contributed by atoms with E-state index < -0.39 is 0 Å². The molecular weight excluding hydrogens is 290 g/mol. The van der Waals surface area contributed by atoms with Crippen LogP contribution in [0.1, 0.15) is 26.7 Å². The van der Waals surface area contributed by atoms with Crippen LogP contribution in [0.3, 0.4) is 0 Å². The molecular formula is C18H30N3O2+. The van der Waals surface area contributed by atoms with Crippen molar-refractivity contribution in [2.75, 3.05) is 44.7 Å². The highest BCUT2D eigenvalue weighted by molar-refractivity contribution is 5.77. The van der Waals surface area contributed by atoms with Crippen molar-refractivity contribution >= 4 is 11.6 Å². The summed E-state index contributed by atoms with van der Waals surface area (Å²) < 4.78 is 5.45. The lowest BCUT2D eigenvalue weighted by Gasteiger charge is -2.34. The number of para-hydroxylation sites is 2. The summed E-state index contributed by atoms with van der Waals surface area (Å²) in [5.74, 6) is 1.10. The van der Waals surface area contributed by atoms with E-state index in [0.717, 1.165) is 50.5 Å². The predicted octanol–water partition coefficient (Wildman–Crippen LogP) is 0.705. The lowest BCUT2D eigenvalue weighted by Crippen LogP contribution is -3.16. The van der Waals surface area contributed by atoms with Crippen molar-refractivity contribution in [2.24, 2.45) is 0 Å². The van der Waals surface area contributed by atoms with E-state index in [-0.39, 0.29) is 5.91 Å². The molecule has 0 saturated carbocycles. The van der Waals surface area contributed by atoms with Gasteiger partial charge >= 0.3 is 0 Å². The number of nitrogens with one attached hydrogen (secondary N) is 2. The summed E-state index contributed by atoms with van der Waals surface area (Å²) in [5, 5.41) is 3.13. The molecule has 128 valence electrons. The number of piperazine rings is 1. The summed E-state index contributed by atoms with van der Waals surface area (Å²) in [7, 11) is 1.71. The van der Waals surface area contributed by atoms with Gasteiger partial charge in [0.2, 0.25) is 0 Å². The van der Waals surface area contributed by atoms with Crippen LogP contribution in [0.5, 0.6) is 5.75 Å². The van der Waals surface area contributed by atoms with Crippen molar-refractivity contribution in [2.45, 2.75) is 32.7 Å².